The topological polar surface area (TPSA) is 76.7 Å². The zero-order valence-corrected chi connectivity index (χ0v) is 20.2. The van der Waals surface area contributed by atoms with Crippen LogP contribution in [0.15, 0.2) is 65.6 Å². The maximum atomic E-state index is 12.8. The number of amides is 2. The van der Waals surface area contributed by atoms with Gasteiger partial charge in [0.1, 0.15) is 17.1 Å². The molecule has 3 aromatic carbocycles. The highest BCUT2D eigenvalue weighted by atomic mass is 32.2. The largest absolute Gasteiger partial charge is 0.496 e. The summed E-state index contributed by atoms with van der Waals surface area (Å²) >= 11 is 1.45. The van der Waals surface area contributed by atoms with E-state index in [0.717, 1.165) is 21.7 Å². The van der Waals surface area contributed by atoms with E-state index in [-0.39, 0.29) is 17.1 Å². The Labute approximate surface area is 198 Å². The van der Waals surface area contributed by atoms with E-state index in [1.165, 1.54) is 26.0 Å². The third kappa shape index (κ3) is 6.08. The third-order valence-corrected chi connectivity index (χ3v) is 6.21. The van der Waals surface area contributed by atoms with Gasteiger partial charge < -0.3 is 20.1 Å². The van der Waals surface area contributed by atoms with Crippen molar-refractivity contribution in [3.05, 3.63) is 77.4 Å². The van der Waals surface area contributed by atoms with E-state index in [1.807, 2.05) is 51.1 Å². The lowest BCUT2D eigenvalue weighted by Crippen LogP contribution is -2.22. The van der Waals surface area contributed by atoms with Crippen LogP contribution in [0.4, 0.5) is 11.4 Å². The van der Waals surface area contributed by atoms with Crippen molar-refractivity contribution in [2.75, 3.05) is 24.9 Å². The number of carbonyl (C=O) groups is 2. The highest BCUT2D eigenvalue weighted by Gasteiger charge is 2.19. The summed E-state index contributed by atoms with van der Waals surface area (Å²) < 4.78 is 10.6. The minimum Gasteiger partial charge on any atom is -0.496 e. The van der Waals surface area contributed by atoms with Gasteiger partial charge in [0.25, 0.3) is 5.91 Å². The lowest BCUT2D eigenvalue weighted by Gasteiger charge is -2.15. The number of carbonyl (C=O) groups excluding carboxylic acids is 2. The van der Waals surface area contributed by atoms with Crippen LogP contribution in [-0.2, 0) is 4.79 Å². The van der Waals surface area contributed by atoms with E-state index in [9.17, 15) is 9.59 Å². The van der Waals surface area contributed by atoms with Crippen LogP contribution in [0.25, 0.3) is 0 Å². The van der Waals surface area contributed by atoms with Crippen molar-refractivity contribution in [1.82, 2.24) is 0 Å². The molecule has 0 saturated carbocycles. The number of thioether (sulfide) groups is 1. The van der Waals surface area contributed by atoms with Gasteiger partial charge in [0.05, 0.1) is 19.5 Å². The van der Waals surface area contributed by atoms with E-state index in [1.54, 1.807) is 30.3 Å². The molecule has 0 fully saturated rings. The number of nitrogens with one attached hydrogen (secondary N) is 2. The van der Waals surface area contributed by atoms with Crippen molar-refractivity contribution in [1.29, 1.82) is 0 Å². The number of ether oxygens (including phenoxy) is 2. The van der Waals surface area contributed by atoms with E-state index < -0.39 is 0 Å². The lowest BCUT2D eigenvalue weighted by atomic mass is 10.1. The van der Waals surface area contributed by atoms with Gasteiger partial charge in [-0.2, -0.15) is 0 Å². The van der Waals surface area contributed by atoms with Crippen molar-refractivity contribution in [2.45, 2.75) is 30.9 Å². The molecule has 6 nitrogen and oxygen atoms in total. The van der Waals surface area contributed by atoms with E-state index >= 15 is 0 Å². The molecule has 0 aliphatic rings. The monoisotopic (exact) mass is 464 g/mol. The molecular weight excluding hydrogens is 436 g/mol. The summed E-state index contributed by atoms with van der Waals surface area (Å²) in [5, 5.41) is 5.59. The molecule has 0 radical (unpaired) electrons. The average molecular weight is 465 g/mol. The fourth-order valence-corrected chi connectivity index (χ4v) is 4.12. The van der Waals surface area contributed by atoms with Gasteiger partial charge in [-0.05, 0) is 74.4 Å². The highest BCUT2D eigenvalue weighted by Crippen LogP contribution is 2.30. The summed E-state index contributed by atoms with van der Waals surface area (Å²) in [6.07, 6.45) is 0. The molecule has 2 N–H and O–H groups in total. The summed E-state index contributed by atoms with van der Waals surface area (Å²) in [5.74, 6) is 0.478. The molecular formula is C26H28N2O4S. The van der Waals surface area contributed by atoms with Gasteiger partial charge in [0.15, 0.2) is 0 Å². The zero-order valence-electron chi connectivity index (χ0n) is 19.4. The Hall–Kier alpha value is -3.45. The van der Waals surface area contributed by atoms with Gasteiger partial charge in [-0.1, -0.05) is 18.2 Å². The number of hydrogen-bond acceptors (Lipinski definition) is 5. The third-order valence-electron chi connectivity index (χ3n) is 5.10. The van der Waals surface area contributed by atoms with Gasteiger partial charge in [-0.15, -0.1) is 11.8 Å². The van der Waals surface area contributed by atoms with Gasteiger partial charge in [-0.25, -0.2) is 0 Å². The van der Waals surface area contributed by atoms with E-state index in [0.29, 0.717) is 22.7 Å². The second-order valence-electron chi connectivity index (χ2n) is 7.58. The smallest absolute Gasteiger partial charge is 0.263 e. The molecule has 1 unspecified atom stereocenters. The van der Waals surface area contributed by atoms with Crippen LogP contribution in [0.5, 0.6) is 11.5 Å². The van der Waals surface area contributed by atoms with Crippen LogP contribution < -0.4 is 20.1 Å². The summed E-state index contributed by atoms with van der Waals surface area (Å²) in [4.78, 5) is 26.4. The van der Waals surface area contributed by atoms with Crippen LogP contribution in [0, 0.1) is 13.8 Å². The van der Waals surface area contributed by atoms with Gasteiger partial charge in [-0.3, -0.25) is 9.59 Å². The number of rotatable bonds is 8. The molecule has 0 spiro atoms. The normalized spacial score (nSPS) is 11.4. The molecule has 0 saturated heterocycles. The SMILES string of the molecule is COc1cccc(OC)c1C(=O)Nc1ccc(SC(C)C(=O)Nc2cc(C)ccc2C)cc1. The molecule has 33 heavy (non-hydrogen) atoms. The van der Waals surface area contributed by atoms with Gasteiger partial charge >= 0.3 is 0 Å². The standard InChI is InChI=1S/C26H28N2O4S/c1-16-9-10-17(2)21(15-16)28-25(29)18(3)33-20-13-11-19(12-14-20)27-26(30)24-22(31-4)7-6-8-23(24)32-5/h6-15,18H,1-5H3,(H,27,30)(H,28,29). The predicted molar refractivity (Wildman–Crippen MR) is 134 cm³/mol. The van der Waals surface area contributed by atoms with Crippen LogP contribution in [0.2, 0.25) is 0 Å². The van der Waals surface area contributed by atoms with Crippen LogP contribution in [0.3, 0.4) is 0 Å². The first-order valence-electron chi connectivity index (χ1n) is 10.5. The molecule has 7 heteroatoms. The van der Waals surface area contributed by atoms with Crippen LogP contribution in [0.1, 0.15) is 28.4 Å². The van der Waals surface area contributed by atoms with Gasteiger partial charge in [0.2, 0.25) is 5.91 Å². The van der Waals surface area contributed by atoms with Gasteiger partial charge in [0, 0.05) is 16.3 Å². The molecule has 2 amide bonds. The first kappa shape index (κ1) is 24.2. The summed E-state index contributed by atoms with van der Waals surface area (Å²) in [7, 11) is 3.02. The summed E-state index contributed by atoms with van der Waals surface area (Å²) in [5.41, 5.74) is 3.91. The van der Waals surface area contributed by atoms with Crippen molar-refractivity contribution in [3.63, 3.8) is 0 Å². The van der Waals surface area contributed by atoms with Crippen molar-refractivity contribution < 1.29 is 19.1 Å². The van der Waals surface area contributed by atoms with E-state index in [2.05, 4.69) is 10.6 Å². The fraction of sp³-hybridized carbons (Fsp3) is 0.231. The second kappa shape index (κ2) is 10.9. The lowest BCUT2D eigenvalue weighted by molar-refractivity contribution is -0.115. The Morgan fingerprint density at radius 1 is 0.879 bits per heavy atom. The molecule has 0 heterocycles. The molecule has 172 valence electrons. The Balaban J connectivity index is 1.64. The van der Waals surface area contributed by atoms with Crippen LogP contribution >= 0.6 is 11.8 Å². The zero-order chi connectivity index (χ0) is 24.0. The maximum Gasteiger partial charge on any atom is 0.263 e. The Kier molecular flexibility index (Phi) is 8.01. The Morgan fingerprint density at radius 3 is 2.12 bits per heavy atom. The molecule has 0 bridgehead atoms. The first-order chi connectivity index (χ1) is 15.8. The molecule has 3 aromatic rings. The van der Waals surface area contributed by atoms with Crippen molar-refractivity contribution in [3.8, 4) is 11.5 Å². The summed E-state index contributed by atoms with van der Waals surface area (Å²) in [6.45, 7) is 5.84. The van der Waals surface area contributed by atoms with Crippen molar-refractivity contribution >= 4 is 35.0 Å². The average Bonchev–Trinajstić information content (AvgIpc) is 2.81. The Morgan fingerprint density at radius 2 is 1.52 bits per heavy atom. The highest BCUT2D eigenvalue weighted by molar-refractivity contribution is 8.00. The number of aryl methyl sites for hydroxylation is 2. The molecule has 0 aliphatic carbocycles. The van der Waals surface area contributed by atoms with Crippen molar-refractivity contribution in [2.24, 2.45) is 0 Å². The van der Waals surface area contributed by atoms with E-state index in [4.69, 9.17) is 9.47 Å². The fourth-order valence-electron chi connectivity index (χ4n) is 3.25. The number of benzene rings is 3. The van der Waals surface area contributed by atoms with Crippen LogP contribution in [-0.4, -0.2) is 31.3 Å². The Bertz CT molecular complexity index is 1120. The molecule has 3 rings (SSSR count). The number of methoxy groups -OCH3 is 2. The minimum atomic E-state index is -0.328. The minimum absolute atomic E-state index is 0.0608. The number of hydrogen-bond donors (Lipinski definition) is 2. The molecule has 1 atom stereocenters. The molecule has 0 aliphatic heterocycles. The summed E-state index contributed by atoms with van der Waals surface area (Å²) in [6, 6.07) is 18.5. The quantitative estimate of drug-likeness (QED) is 0.419. The number of anilines is 2. The second-order valence-corrected chi connectivity index (χ2v) is 9.00. The maximum absolute atomic E-state index is 12.8. The molecule has 0 aromatic heterocycles. The first-order valence-corrected chi connectivity index (χ1v) is 11.4. The predicted octanol–water partition coefficient (Wildman–Crippen LogP) is 5.69.